The van der Waals surface area contributed by atoms with Crippen molar-refractivity contribution in [2.45, 2.75) is 33.0 Å². The van der Waals surface area contributed by atoms with E-state index in [1.807, 2.05) is 26.8 Å². The summed E-state index contributed by atoms with van der Waals surface area (Å²) in [5.41, 5.74) is -0.549. The van der Waals surface area contributed by atoms with Crippen LogP contribution in [0.2, 0.25) is 0 Å². The highest BCUT2D eigenvalue weighted by Gasteiger charge is 2.44. The number of nitrogens with zero attached hydrogens (tertiary/aromatic N) is 4. The van der Waals surface area contributed by atoms with Gasteiger partial charge in [0.05, 0.1) is 23.5 Å². The summed E-state index contributed by atoms with van der Waals surface area (Å²) in [5.74, 6) is -0.605. The molecule has 1 atom stereocenters. The molecule has 0 unspecified atom stereocenters. The van der Waals surface area contributed by atoms with Crippen molar-refractivity contribution in [2.75, 3.05) is 23.3 Å². The average Bonchev–Trinajstić information content (AvgIpc) is 3.04. The van der Waals surface area contributed by atoms with E-state index in [4.69, 9.17) is 5.26 Å². The van der Waals surface area contributed by atoms with E-state index in [0.717, 1.165) is 12.1 Å². The van der Waals surface area contributed by atoms with E-state index in [-0.39, 0.29) is 29.4 Å². The number of urea groups is 1. The van der Waals surface area contributed by atoms with Gasteiger partial charge in [0, 0.05) is 12.2 Å². The third-order valence-electron chi connectivity index (χ3n) is 5.17. The Morgan fingerprint density at radius 2 is 1.97 bits per heavy atom. The number of benzene rings is 1. The molecule has 10 heteroatoms. The van der Waals surface area contributed by atoms with Crippen LogP contribution in [0.3, 0.4) is 0 Å². The number of rotatable bonds is 4. The maximum absolute atomic E-state index is 13.1. The lowest BCUT2D eigenvalue weighted by atomic mass is 9.86. The van der Waals surface area contributed by atoms with Crippen molar-refractivity contribution in [2.24, 2.45) is 5.41 Å². The van der Waals surface area contributed by atoms with Crippen LogP contribution < -0.4 is 10.2 Å². The third-order valence-corrected chi connectivity index (χ3v) is 5.17. The van der Waals surface area contributed by atoms with E-state index in [0.29, 0.717) is 12.2 Å². The maximum Gasteiger partial charge on any atom is 0.416 e. The van der Waals surface area contributed by atoms with Crippen LogP contribution in [-0.2, 0) is 11.0 Å². The highest BCUT2D eigenvalue weighted by Crippen LogP contribution is 2.34. The minimum atomic E-state index is -4.53. The number of nitrogens with one attached hydrogen (secondary N) is 1. The summed E-state index contributed by atoms with van der Waals surface area (Å²) in [6.45, 7) is 5.78. The quantitative estimate of drug-likeness (QED) is 0.761. The summed E-state index contributed by atoms with van der Waals surface area (Å²) in [4.78, 5) is 32.6. The van der Waals surface area contributed by atoms with Gasteiger partial charge in [-0.2, -0.15) is 18.4 Å². The number of nitriles is 1. The first-order valence-electron chi connectivity index (χ1n) is 9.81. The highest BCUT2D eigenvalue weighted by molar-refractivity contribution is 5.99. The molecule has 0 saturated carbocycles. The fourth-order valence-electron chi connectivity index (χ4n) is 3.51. The molecule has 0 bridgehead atoms. The Bertz CT molecular complexity index is 1050. The van der Waals surface area contributed by atoms with Gasteiger partial charge >= 0.3 is 12.2 Å². The van der Waals surface area contributed by atoms with Crippen LogP contribution in [-0.4, -0.2) is 41.0 Å². The maximum atomic E-state index is 13.1. The molecule has 2 heterocycles. The van der Waals surface area contributed by atoms with E-state index in [1.165, 1.54) is 34.2 Å². The van der Waals surface area contributed by atoms with Crippen molar-refractivity contribution in [3.05, 3.63) is 53.9 Å². The molecule has 0 radical (unpaired) electrons. The number of hydrogen-bond donors (Lipinski definition) is 1. The van der Waals surface area contributed by atoms with E-state index >= 15 is 0 Å². The monoisotopic (exact) mass is 445 g/mol. The van der Waals surface area contributed by atoms with Crippen molar-refractivity contribution < 1.29 is 22.8 Å². The lowest BCUT2D eigenvalue weighted by Gasteiger charge is -2.33. The van der Waals surface area contributed by atoms with Gasteiger partial charge in [-0.3, -0.25) is 9.69 Å². The molecule has 1 aromatic heterocycles. The van der Waals surface area contributed by atoms with E-state index in [2.05, 4.69) is 10.3 Å². The molecule has 168 valence electrons. The molecule has 3 rings (SSSR count). The van der Waals surface area contributed by atoms with Gasteiger partial charge in [-0.15, -0.1) is 0 Å². The highest BCUT2D eigenvalue weighted by atomic mass is 19.4. The number of alkyl halides is 3. The molecule has 2 aromatic rings. The van der Waals surface area contributed by atoms with Crippen molar-refractivity contribution in [3.63, 3.8) is 0 Å². The number of aromatic nitrogens is 1. The Kier molecular flexibility index (Phi) is 6.12. The first-order valence-corrected chi connectivity index (χ1v) is 9.81. The van der Waals surface area contributed by atoms with Crippen LogP contribution in [0.25, 0.3) is 0 Å². The number of hydrogen-bond acceptors (Lipinski definition) is 4. The molecule has 1 aromatic carbocycles. The Morgan fingerprint density at radius 3 is 2.53 bits per heavy atom. The fourth-order valence-corrected chi connectivity index (χ4v) is 3.51. The van der Waals surface area contributed by atoms with Crippen LogP contribution in [0.4, 0.5) is 29.3 Å². The summed E-state index contributed by atoms with van der Waals surface area (Å²) in [6, 6.07) is 8.58. The zero-order valence-corrected chi connectivity index (χ0v) is 17.8. The molecule has 32 heavy (non-hydrogen) atoms. The topological polar surface area (TPSA) is 89.3 Å². The van der Waals surface area contributed by atoms with Gasteiger partial charge in [-0.1, -0.05) is 26.8 Å². The normalized spacial score (nSPS) is 16.8. The van der Waals surface area contributed by atoms with E-state index in [9.17, 15) is 22.8 Å². The third kappa shape index (κ3) is 4.99. The number of anilines is 2. The minimum Gasteiger partial charge on any atom is -0.325 e. The van der Waals surface area contributed by atoms with Crippen molar-refractivity contribution in [1.29, 1.82) is 5.26 Å². The predicted octanol–water partition coefficient (Wildman–Crippen LogP) is 4.27. The molecular weight excluding hydrogens is 423 g/mol. The molecule has 1 N–H and O–H groups in total. The average molecular weight is 445 g/mol. The molecule has 7 nitrogen and oxygen atoms in total. The standard InChI is InChI=1S/C22H22F3N5O2/c1-21(2,3)18-12-29(17-8-7-16(10-26)27-11-17)20(32)30(18)13-19(31)28-15-6-4-5-14(9-15)22(23,24)25/h4-9,11,18H,12-13H2,1-3H3,(H,28,31)/t18-/m1/s1. The number of amides is 3. The number of carbonyl (C=O) groups excluding carboxylic acids is 2. The minimum absolute atomic E-state index is 0.00284. The van der Waals surface area contributed by atoms with Gasteiger partial charge in [-0.25, -0.2) is 9.78 Å². The molecule has 1 fully saturated rings. The number of carbonyl (C=O) groups is 2. The predicted molar refractivity (Wildman–Crippen MR) is 112 cm³/mol. The molecular formula is C22H22F3N5O2. The van der Waals surface area contributed by atoms with Gasteiger partial charge in [0.2, 0.25) is 5.91 Å². The molecule has 3 amide bonds. The van der Waals surface area contributed by atoms with E-state index < -0.39 is 23.7 Å². The molecule has 0 spiro atoms. The SMILES string of the molecule is CC(C)(C)[C@H]1CN(c2ccc(C#N)nc2)C(=O)N1CC(=O)Nc1cccc(C(F)(F)F)c1. The Morgan fingerprint density at radius 1 is 1.25 bits per heavy atom. The largest absolute Gasteiger partial charge is 0.416 e. The molecule has 1 aliphatic heterocycles. The Hall–Kier alpha value is -3.61. The van der Waals surface area contributed by atoms with E-state index in [1.54, 1.807) is 6.07 Å². The lowest BCUT2D eigenvalue weighted by Crippen LogP contribution is -2.46. The lowest BCUT2D eigenvalue weighted by molar-refractivity contribution is -0.137. The van der Waals surface area contributed by atoms with Gasteiger partial charge < -0.3 is 10.2 Å². The zero-order valence-electron chi connectivity index (χ0n) is 17.8. The van der Waals surface area contributed by atoms with Crippen molar-refractivity contribution >= 4 is 23.3 Å². The number of pyridine rings is 1. The number of halogens is 3. The first-order chi connectivity index (χ1) is 14.9. The zero-order chi connectivity index (χ0) is 23.7. The summed E-state index contributed by atoms with van der Waals surface area (Å²) in [7, 11) is 0. The van der Waals surface area contributed by atoms with Crippen LogP contribution in [0, 0.1) is 16.7 Å². The summed E-state index contributed by atoms with van der Waals surface area (Å²) >= 11 is 0. The van der Waals surface area contributed by atoms with Gasteiger partial charge in [0.1, 0.15) is 18.3 Å². The molecule has 1 aliphatic rings. The van der Waals surface area contributed by atoms with Gasteiger partial charge in [0.15, 0.2) is 0 Å². The van der Waals surface area contributed by atoms with Crippen LogP contribution >= 0.6 is 0 Å². The van der Waals surface area contributed by atoms with Crippen molar-refractivity contribution in [1.82, 2.24) is 9.88 Å². The Labute approximate surface area is 183 Å². The van der Waals surface area contributed by atoms with Crippen LogP contribution in [0.15, 0.2) is 42.6 Å². The first kappa shape index (κ1) is 23.1. The van der Waals surface area contributed by atoms with Gasteiger partial charge in [-0.05, 0) is 35.7 Å². The Balaban J connectivity index is 1.79. The molecule has 0 aliphatic carbocycles. The van der Waals surface area contributed by atoms with Crippen molar-refractivity contribution in [3.8, 4) is 6.07 Å². The van der Waals surface area contributed by atoms with Crippen LogP contribution in [0.1, 0.15) is 32.0 Å². The summed E-state index contributed by atoms with van der Waals surface area (Å²) in [6.07, 6.45) is -3.11. The molecule has 1 saturated heterocycles. The second kappa shape index (κ2) is 8.49. The summed E-state index contributed by atoms with van der Waals surface area (Å²) in [5, 5.41) is 11.4. The summed E-state index contributed by atoms with van der Waals surface area (Å²) < 4.78 is 38.8. The van der Waals surface area contributed by atoms with Gasteiger partial charge in [0.25, 0.3) is 0 Å². The fraction of sp³-hybridized carbons (Fsp3) is 0.364. The second-order valence-electron chi connectivity index (χ2n) is 8.54. The smallest absolute Gasteiger partial charge is 0.325 e. The second-order valence-corrected chi connectivity index (χ2v) is 8.54. The van der Waals surface area contributed by atoms with Crippen LogP contribution in [0.5, 0.6) is 0 Å².